The number of amidine groups is 1. The Kier molecular flexibility index (Phi) is 7.05. The Morgan fingerprint density at radius 1 is 1.21 bits per heavy atom. The summed E-state index contributed by atoms with van der Waals surface area (Å²) in [6.07, 6.45) is 7.42. The van der Waals surface area contributed by atoms with Crippen LogP contribution in [0.4, 0.5) is 11.4 Å². The van der Waals surface area contributed by atoms with Crippen LogP contribution in [-0.2, 0) is 26.6 Å². The smallest absolute Gasteiger partial charge is 0.281 e. The average Bonchev–Trinajstić information content (AvgIpc) is 3.38. The molecule has 202 valence electrons. The lowest BCUT2D eigenvalue weighted by molar-refractivity contribution is 0.315. The minimum Gasteiger partial charge on any atom is -0.505 e. The number of hydrogen-bond acceptors (Lipinski definition) is 9. The predicted octanol–water partition coefficient (Wildman–Crippen LogP) is 3.39. The van der Waals surface area contributed by atoms with Gasteiger partial charge in [0.1, 0.15) is 16.2 Å². The fraction of sp³-hybridized carbons (Fsp3) is 0.375. The van der Waals surface area contributed by atoms with Crippen molar-refractivity contribution in [2.75, 3.05) is 11.0 Å². The van der Waals surface area contributed by atoms with E-state index < -0.39 is 31.4 Å². The summed E-state index contributed by atoms with van der Waals surface area (Å²) in [7, 11) is -7.89. The Morgan fingerprint density at radius 2 is 1.97 bits per heavy atom. The zero-order chi connectivity index (χ0) is 27.1. The van der Waals surface area contributed by atoms with E-state index in [-0.39, 0.29) is 33.4 Å². The van der Waals surface area contributed by atoms with Gasteiger partial charge >= 0.3 is 0 Å². The highest BCUT2D eigenvalue weighted by atomic mass is 32.2. The zero-order valence-corrected chi connectivity index (χ0v) is 23.0. The molecule has 0 bridgehead atoms. The molecule has 3 N–H and O–H groups in total. The molecule has 1 aromatic carbocycles. The van der Waals surface area contributed by atoms with Crippen molar-refractivity contribution in [1.29, 1.82) is 0 Å². The van der Waals surface area contributed by atoms with Crippen LogP contribution in [0, 0.1) is 5.92 Å². The van der Waals surface area contributed by atoms with Crippen LogP contribution in [0.1, 0.15) is 44.1 Å². The molecule has 3 aromatic rings. The fourth-order valence-corrected chi connectivity index (χ4v) is 7.27. The second kappa shape index (κ2) is 10.2. The standard InChI is InChI=1S/C24H27N5O6S3/c1-37(32,33)27-16-9-10-17-19(14-16)38(34,35)28-23(25-17)20-22(30)21(18-8-5-13-36-18)26-29(24(20)31)12-11-15-6-3-2-4-7-15/h5,8-10,13-15,27,30H,2-4,6-7,11-12H2,1H3,(H,25,28). The molecule has 1 saturated carbocycles. The van der Waals surface area contributed by atoms with E-state index in [1.165, 1.54) is 34.6 Å². The van der Waals surface area contributed by atoms with Gasteiger partial charge in [0, 0.05) is 12.2 Å². The van der Waals surface area contributed by atoms with Crippen LogP contribution in [0.3, 0.4) is 0 Å². The van der Waals surface area contributed by atoms with E-state index in [1.54, 1.807) is 12.1 Å². The number of aryl methyl sites for hydroxylation is 1. The number of benzene rings is 1. The second-order valence-corrected chi connectivity index (χ2v) is 13.8. The highest BCUT2D eigenvalue weighted by Crippen LogP contribution is 2.36. The maximum Gasteiger partial charge on any atom is 0.281 e. The van der Waals surface area contributed by atoms with Gasteiger partial charge in [0.15, 0.2) is 11.6 Å². The number of aliphatic imine (C=N–C) groups is 1. The molecule has 38 heavy (non-hydrogen) atoms. The van der Waals surface area contributed by atoms with Crippen LogP contribution in [0.2, 0.25) is 0 Å². The molecule has 3 heterocycles. The van der Waals surface area contributed by atoms with Crippen molar-refractivity contribution in [2.45, 2.75) is 50.0 Å². The molecule has 0 unspecified atom stereocenters. The molecule has 1 aliphatic heterocycles. The number of aromatic nitrogens is 2. The fourth-order valence-electron chi connectivity index (χ4n) is 4.82. The molecule has 0 saturated heterocycles. The molecule has 14 heteroatoms. The molecule has 0 amide bonds. The molecule has 0 radical (unpaired) electrons. The van der Waals surface area contributed by atoms with Gasteiger partial charge in [0.25, 0.3) is 15.6 Å². The highest BCUT2D eigenvalue weighted by molar-refractivity contribution is 7.92. The first-order chi connectivity index (χ1) is 18.0. The number of rotatable bonds is 7. The van der Waals surface area contributed by atoms with E-state index in [9.17, 15) is 26.7 Å². The first kappa shape index (κ1) is 26.4. The topological polar surface area (TPSA) is 160 Å². The Bertz CT molecular complexity index is 1670. The van der Waals surface area contributed by atoms with Gasteiger partial charge in [-0.2, -0.15) is 5.10 Å². The summed E-state index contributed by atoms with van der Waals surface area (Å²) < 4.78 is 55.3. The molecule has 2 aromatic heterocycles. The van der Waals surface area contributed by atoms with E-state index >= 15 is 0 Å². The number of anilines is 1. The van der Waals surface area contributed by atoms with Gasteiger partial charge in [-0.15, -0.1) is 11.3 Å². The number of nitrogens with zero attached hydrogens (tertiary/aromatic N) is 3. The van der Waals surface area contributed by atoms with Crippen molar-refractivity contribution in [3.8, 4) is 16.3 Å². The van der Waals surface area contributed by atoms with Gasteiger partial charge in [-0.25, -0.2) is 26.5 Å². The van der Waals surface area contributed by atoms with Crippen LogP contribution in [0.5, 0.6) is 5.75 Å². The normalized spacial score (nSPS) is 17.3. The van der Waals surface area contributed by atoms with E-state index in [0.717, 1.165) is 44.4 Å². The Labute approximate surface area is 224 Å². The third kappa shape index (κ3) is 5.47. The van der Waals surface area contributed by atoms with Gasteiger partial charge < -0.3 is 5.11 Å². The van der Waals surface area contributed by atoms with Crippen LogP contribution in [-0.4, -0.2) is 43.8 Å². The van der Waals surface area contributed by atoms with Crippen LogP contribution >= 0.6 is 11.3 Å². The van der Waals surface area contributed by atoms with E-state index in [2.05, 4.69) is 19.5 Å². The summed E-state index contributed by atoms with van der Waals surface area (Å²) in [5.74, 6) is -0.311. The van der Waals surface area contributed by atoms with Gasteiger partial charge in [-0.1, -0.05) is 38.2 Å². The molecule has 1 fully saturated rings. The maximum atomic E-state index is 13.6. The second-order valence-electron chi connectivity index (χ2n) is 9.49. The van der Waals surface area contributed by atoms with Gasteiger partial charge in [-0.05, 0) is 42.0 Å². The Morgan fingerprint density at radius 3 is 2.66 bits per heavy atom. The third-order valence-electron chi connectivity index (χ3n) is 6.61. The quantitative estimate of drug-likeness (QED) is 0.388. The summed E-state index contributed by atoms with van der Waals surface area (Å²) in [5, 5.41) is 17.4. The minimum atomic E-state index is -4.25. The number of nitrogens with one attached hydrogen (secondary N) is 2. The van der Waals surface area contributed by atoms with Crippen molar-refractivity contribution in [2.24, 2.45) is 10.9 Å². The third-order valence-corrected chi connectivity index (χ3v) is 9.46. The lowest BCUT2D eigenvalue weighted by atomic mass is 9.87. The zero-order valence-electron chi connectivity index (χ0n) is 20.5. The largest absolute Gasteiger partial charge is 0.505 e. The first-order valence-electron chi connectivity index (χ1n) is 12.1. The van der Waals surface area contributed by atoms with Gasteiger partial charge in [-0.3, -0.25) is 14.2 Å². The van der Waals surface area contributed by atoms with Gasteiger partial charge in [0.05, 0.1) is 16.8 Å². The molecule has 0 atom stereocenters. The molecular formula is C24H27N5O6S3. The predicted molar refractivity (Wildman–Crippen MR) is 146 cm³/mol. The molecule has 1 aliphatic carbocycles. The molecular weight excluding hydrogens is 550 g/mol. The Balaban J connectivity index is 1.60. The van der Waals surface area contributed by atoms with Crippen molar-refractivity contribution in [1.82, 2.24) is 14.5 Å². The molecule has 5 rings (SSSR count). The van der Waals surface area contributed by atoms with E-state index in [4.69, 9.17) is 0 Å². The van der Waals surface area contributed by atoms with Crippen molar-refractivity contribution >= 4 is 48.6 Å². The van der Waals surface area contributed by atoms with Crippen LogP contribution in [0.25, 0.3) is 10.6 Å². The van der Waals surface area contributed by atoms with E-state index in [0.29, 0.717) is 17.3 Å². The Hall–Kier alpha value is -3.23. The maximum absolute atomic E-state index is 13.6. The number of fused-ring (bicyclic) bond motifs is 1. The molecule has 0 spiro atoms. The minimum absolute atomic E-state index is 0.000146. The van der Waals surface area contributed by atoms with Crippen molar-refractivity contribution in [3.63, 3.8) is 0 Å². The number of aromatic hydroxyl groups is 1. The highest BCUT2D eigenvalue weighted by Gasteiger charge is 2.32. The monoisotopic (exact) mass is 577 g/mol. The summed E-state index contributed by atoms with van der Waals surface area (Å²) in [4.78, 5) is 18.3. The average molecular weight is 578 g/mol. The lowest BCUT2D eigenvalue weighted by Crippen LogP contribution is -2.40. The number of thiophene rings is 1. The van der Waals surface area contributed by atoms with Crippen LogP contribution < -0.4 is 15.0 Å². The summed E-state index contributed by atoms with van der Waals surface area (Å²) >= 11 is 1.33. The van der Waals surface area contributed by atoms with Crippen molar-refractivity contribution in [3.05, 3.63) is 51.6 Å². The first-order valence-corrected chi connectivity index (χ1v) is 16.4. The van der Waals surface area contributed by atoms with Crippen LogP contribution in [0.15, 0.2) is 50.4 Å². The lowest BCUT2D eigenvalue weighted by Gasteiger charge is -2.22. The summed E-state index contributed by atoms with van der Waals surface area (Å²) in [6.45, 7) is 0.326. The van der Waals surface area contributed by atoms with Gasteiger partial charge in [0.2, 0.25) is 10.0 Å². The molecule has 2 aliphatic rings. The van der Waals surface area contributed by atoms with E-state index in [1.807, 2.05) is 5.38 Å². The SMILES string of the molecule is CS(=O)(=O)Nc1ccc2c(c1)S(=O)(=O)NC(c1c(O)c(-c3cccs3)nn(CCC3CCCCC3)c1=O)=N2. The summed E-state index contributed by atoms with van der Waals surface area (Å²) in [6, 6.07) is 7.39. The number of sulfonamides is 2. The molecule has 11 nitrogen and oxygen atoms in total. The van der Waals surface area contributed by atoms with Crippen molar-refractivity contribution < 1.29 is 21.9 Å². The summed E-state index contributed by atoms with van der Waals surface area (Å²) in [5.41, 5.74) is -0.732. The number of hydrogen-bond donors (Lipinski definition) is 3.